The third kappa shape index (κ3) is 1.35. The van der Waals surface area contributed by atoms with Crippen LogP contribution in [0.3, 0.4) is 0 Å². The van der Waals surface area contributed by atoms with Crippen molar-refractivity contribution >= 4 is 5.97 Å². The van der Waals surface area contributed by atoms with Gasteiger partial charge in [0.1, 0.15) is 5.54 Å². The smallest absolute Gasteiger partial charge is 0.324 e. The van der Waals surface area contributed by atoms with Crippen LogP contribution in [-0.4, -0.2) is 23.2 Å². The van der Waals surface area contributed by atoms with Crippen molar-refractivity contribution in [1.29, 1.82) is 0 Å². The van der Waals surface area contributed by atoms with E-state index in [4.69, 9.17) is 0 Å². The lowest BCUT2D eigenvalue weighted by Gasteiger charge is -2.31. The zero-order valence-corrected chi connectivity index (χ0v) is 7.88. The second kappa shape index (κ2) is 3.29. The Labute approximate surface area is 78.5 Å². The van der Waals surface area contributed by atoms with Crippen molar-refractivity contribution in [2.75, 3.05) is 6.54 Å². The first-order valence-corrected chi connectivity index (χ1v) is 5.24. The molecule has 1 heterocycles. The molecule has 1 saturated heterocycles. The molecular weight excluding hydrogens is 166 g/mol. The Morgan fingerprint density at radius 2 is 2.00 bits per heavy atom. The number of nitrogens with one attached hydrogen (secondary N) is 1. The van der Waals surface area contributed by atoms with Gasteiger partial charge in [0.05, 0.1) is 0 Å². The Balaban J connectivity index is 2.16. The number of rotatable bonds is 2. The standard InChI is InChI=1S/C10H17NO2/c12-9(13)10(6-3-7-11-10)8-4-1-2-5-8/h8,11H,1-7H2,(H,12,13)/t10-/m1/s1. The Morgan fingerprint density at radius 1 is 1.31 bits per heavy atom. The summed E-state index contributed by atoms with van der Waals surface area (Å²) in [7, 11) is 0. The predicted molar refractivity (Wildman–Crippen MR) is 49.6 cm³/mol. The van der Waals surface area contributed by atoms with Crippen LogP contribution in [0.15, 0.2) is 0 Å². The van der Waals surface area contributed by atoms with Crippen LogP contribution in [-0.2, 0) is 4.79 Å². The van der Waals surface area contributed by atoms with Crippen LogP contribution in [0.1, 0.15) is 38.5 Å². The van der Waals surface area contributed by atoms with E-state index in [2.05, 4.69) is 5.32 Å². The Hall–Kier alpha value is -0.570. The fourth-order valence-corrected chi connectivity index (χ4v) is 2.89. The predicted octanol–water partition coefficient (Wildman–Crippen LogP) is 1.38. The quantitative estimate of drug-likeness (QED) is 0.680. The number of hydrogen-bond acceptors (Lipinski definition) is 2. The van der Waals surface area contributed by atoms with Gasteiger partial charge >= 0.3 is 5.97 Å². The van der Waals surface area contributed by atoms with E-state index in [0.29, 0.717) is 5.92 Å². The van der Waals surface area contributed by atoms with Crippen molar-refractivity contribution in [1.82, 2.24) is 5.32 Å². The summed E-state index contributed by atoms with van der Waals surface area (Å²) in [5.74, 6) is -0.246. The van der Waals surface area contributed by atoms with Gasteiger partial charge in [0.25, 0.3) is 0 Å². The minimum Gasteiger partial charge on any atom is -0.480 e. The van der Waals surface area contributed by atoms with E-state index in [1.807, 2.05) is 0 Å². The first-order chi connectivity index (χ1) is 6.26. The summed E-state index contributed by atoms with van der Waals surface area (Å²) >= 11 is 0. The van der Waals surface area contributed by atoms with E-state index in [-0.39, 0.29) is 0 Å². The van der Waals surface area contributed by atoms with E-state index >= 15 is 0 Å². The first-order valence-electron chi connectivity index (χ1n) is 5.24. The minimum atomic E-state index is -0.628. The number of aliphatic carboxylic acids is 1. The molecule has 0 unspecified atom stereocenters. The summed E-state index contributed by atoms with van der Waals surface area (Å²) in [5.41, 5.74) is -0.559. The monoisotopic (exact) mass is 183 g/mol. The molecule has 0 amide bonds. The molecule has 2 rings (SSSR count). The second-order valence-electron chi connectivity index (χ2n) is 4.29. The molecule has 13 heavy (non-hydrogen) atoms. The second-order valence-corrected chi connectivity index (χ2v) is 4.29. The van der Waals surface area contributed by atoms with Crippen molar-refractivity contribution < 1.29 is 9.90 Å². The van der Waals surface area contributed by atoms with Gasteiger partial charge in [-0.25, -0.2) is 0 Å². The molecule has 0 aromatic rings. The fourth-order valence-electron chi connectivity index (χ4n) is 2.89. The van der Waals surface area contributed by atoms with Crippen LogP contribution in [0.25, 0.3) is 0 Å². The van der Waals surface area contributed by atoms with E-state index in [1.54, 1.807) is 0 Å². The molecule has 74 valence electrons. The third-order valence-electron chi connectivity index (χ3n) is 3.62. The summed E-state index contributed by atoms with van der Waals surface area (Å²) in [6.45, 7) is 0.878. The molecule has 0 aromatic carbocycles. The minimum absolute atomic E-state index is 0.382. The van der Waals surface area contributed by atoms with E-state index in [1.165, 1.54) is 12.8 Å². The fraction of sp³-hybridized carbons (Fsp3) is 0.900. The average Bonchev–Trinajstić information content (AvgIpc) is 2.75. The molecule has 0 bridgehead atoms. The molecular formula is C10H17NO2. The lowest BCUT2D eigenvalue weighted by Crippen LogP contribution is -2.52. The SMILES string of the molecule is O=C(O)[C@]1(C2CCCC2)CCCN1. The highest BCUT2D eigenvalue weighted by Crippen LogP contribution is 2.39. The van der Waals surface area contributed by atoms with Gasteiger partial charge < -0.3 is 10.4 Å². The summed E-state index contributed by atoms with van der Waals surface area (Å²) < 4.78 is 0. The molecule has 0 aromatic heterocycles. The Kier molecular flexibility index (Phi) is 2.28. The zero-order chi connectivity index (χ0) is 9.31. The van der Waals surface area contributed by atoms with Gasteiger partial charge in [-0.1, -0.05) is 12.8 Å². The lowest BCUT2D eigenvalue weighted by molar-refractivity contribution is -0.146. The van der Waals surface area contributed by atoms with E-state index < -0.39 is 11.5 Å². The van der Waals surface area contributed by atoms with Gasteiger partial charge in [-0.3, -0.25) is 4.79 Å². The molecule has 0 radical (unpaired) electrons. The van der Waals surface area contributed by atoms with Crippen molar-refractivity contribution in [3.05, 3.63) is 0 Å². The molecule has 3 nitrogen and oxygen atoms in total. The molecule has 2 aliphatic rings. The van der Waals surface area contributed by atoms with Gasteiger partial charge in [0.2, 0.25) is 0 Å². The largest absolute Gasteiger partial charge is 0.480 e. The molecule has 1 aliphatic heterocycles. The average molecular weight is 183 g/mol. The number of carboxylic acids is 1. The molecule has 1 saturated carbocycles. The van der Waals surface area contributed by atoms with E-state index in [9.17, 15) is 9.90 Å². The molecule has 2 N–H and O–H groups in total. The summed E-state index contributed by atoms with van der Waals surface area (Å²) in [4.78, 5) is 11.2. The van der Waals surface area contributed by atoms with Crippen molar-refractivity contribution in [2.24, 2.45) is 5.92 Å². The van der Waals surface area contributed by atoms with Crippen molar-refractivity contribution in [3.8, 4) is 0 Å². The first kappa shape index (κ1) is 9.00. The Bertz CT molecular complexity index is 203. The number of hydrogen-bond donors (Lipinski definition) is 2. The maximum atomic E-state index is 11.2. The summed E-state index contributed by atoms with van der Waals surface area (Å²) in [6.07, 6.45) is 6.46. The van der Waals surface area contributed by atoms with Crippen LogP contribution in [0.5, 0.6) is 0 Å². The topological polar surface area (TPSA) is 49.3 Å². The van der Waals surface area contributed by atoms with Gasteiger partial charge in [0, 0.05) is 0 Å². The molecule has 0 spiro atoms. The van der Waals surface area contributed by atoms with Crippen LogP contribution in [0, 0.1) is 5.92 Å². The number of carboxylic acid groups (broad SMARTS) is 1. The van der Waals surface area contributed by atoms with Crippen molar-refractivity contribution in [2.45, 2.75) is 44.1 Å². The summed E-state index contributed by atoms with van der Waals surface area (Å²) in [6, 6.07) is 0. The van der Waals surface area contributed by atoms with Crippen molar-refractivity contribution in [3.63, 3.8) is 0 Å². The van der Waals surface area contributed by atoms with Gasteiger partial charge in [-0.15, -0.1) is 0 Å². The lowest BCUT2D eigenvalue weighted by atomic mass is 9.81. The maximum Gasteiger partial charge on any atom is 0.324 e. The molecule has 1 aliphatic carbocycles. The maximum absolute atomic E-state index is 11.2. The Morgan fingerprint density at radius 3 is 2.46 bits per heavy atom. The normalized spacial score (nSPS) is 35.4. The van der Waals surface area contributed by atoms with Gasteiger partial charge in [0.15, 0.2) is 0 Å². The highest BCUT2D eigenvalue weighted by molar-refractivity contribution is 5.79. The third-order valence-corrected chi connectivity index (χ3v) is 3.62. The number of carbonyl (C=O) groups is 1. The molecule has 1 atom stereocenters. The van der Waals surface area contributed by atoms with Crippen LogP contribution < -0.4 is 5.32 Å². The van der Waals surface area contributed by atoms with E-state index in [0.717, 1.165) is 32.2 Å². The molecule has 3 heteroatoms. The van der Waals surface area contributed by atoms with Gasteiger partial charge in [-0.2, -0.15) is 0 Å². The van der Waals surface area contributed by atoms with Crippen LogP contribution in [0.4, 0.5) is 0 Å². The highest BCUT2D eigenvalue weighted by Gasteiger charge is 2.48. The van der Waals surface area contributed by atoms with Gasteiger partial charge in [-0.05, 0) is 38.1 Å². The zero-order valence-electron chi connectivity index (χ0n) is 7.88. The summed E-state index contributed by atoms with van der Waals surface area (Å²) in [5, 5.41) is 12.5. The highest BCUT2D eigenvalue weighted by atomic mass is 16.4. The van der Waals surface area contributed by atoms with Crippen LogP contribution >= 0.6 is 0 Å². The molecule has 2 fully saturated rings. The van der Waals surface area contributed by atoms with Crippen LogP contribution in [0.2, 0.25) is 0 Å².